The molecule has 3 heteroatoms. The van der Waals surface area contributed by atoms with Crippen molar-refractivity contribution < 1.29 is 5.11 Å². The fraction of sp³-hybridized carbons (Fsp3) is 0.917. The summed E-state index contributed by atoms with van der Waals surface area (Å²) in [4.78, 5) is 0. The molecular weight excluding hydrogens is 188 g/mol. The van der Waals surface area contributed by atoms with Crippen molar-refractivity contribution in [3.63, 3.8) is 0 Å². The van der Waals surface area contributed by atoms with Crippen molar-refractivity contribution in [3.05, 3.63) is 0 Å². The summed E-state index contributed by atoms with van der Waals surface area (Å²) in [5.74, 6) is 0.741. The Balaban J connectivity index is 2.17. The second-order valence-electron chi connectivity index (χ2n) is 4.45. The van der Waals surface area contributed by atoms with Gasteiger partial charge in [-0.05, 0) is 25.3 Å². The van der Waals surface area contributed by atoms with Gasteiger partial charge in [0.25, 0.3) is 0 Å². The maximum Gasteiger partial charge on any atom is 0.0955 e. The van der Waals surface area contributed by atoms with E-state index in [-0.39, 0.29) is 12.6 Å². The largest absolute Gasteiger partial charge is 0.396 e. The molecule has 0 saturated heterocycles. The van der Waals surface area contributed by atoms with Crippen molar-refractivity contribution in [1.82, 2.24) is 5.32 Å². The summed E-state index contributed by atoms with van der Waals surface area (Å²) < 4.78 is 0. The SMILES string of the molecule is N#CC(CC1CCCCC1)NCCCO. The number of aliphatic hydroxyl groups excluding tert-OH is 1. The Kier molecular flexibility index (Phi) is 6.38. The van der Waals surface area contributed by atoms with Crippen molar-refractivity contribution >= 4 is 0 Å². The van der Waals surface area contributed by atoms with Crippen LogP contribution >= 0.6 is 0 Å². The van der Waals surface area contributed by atoms with Crippen LogP contribution in [0, 0.1) is 17.2 Å². The molecule has 0 spiro atoms. The monoisotopic (exact) mass is 210 g/mol. The maximum absolute atomic E-state index is 8.98. The second kappa shape index (κ2) is 7.67. The summed E-state index contributed by atoms with van der Waals surface area (Å²) in [6.45, 7) is 0.954. The van der Waals surface area contributed by atoms with Gasteiger partial charge in [-0.2, -0.15) is 5.26 Å². The van der Waals surface area contributed by atoms with Crippen LogP contribution in [0.4, 0.5) is 0 Å². The molecule has 0 amide bonds. The molecule has 15 heavy (non-hydrogen) atoms. The van der Waals surface area contributed by atoms with E-state index in [9.17, 15) is 0 Å². The molecule has 0 aromatic rings. The van der Waals surface area contributed by atoms with Gasteiger partial charge in [0.15, 0.2) is 0 Å². The standard InChI is InChI=1S/C12H22N2O/c13-10-12(14-7-4-8-15)9-11-5-2-1-3-6-11/h11-12,14-15H,1-9H2. The summed E-state index contributed by atoms with van der Waals surface area (Å²) in [5, 5.41) is 20.8. The Morgan fingerprint density at radius 2 is 2.07 bits per heavy atom. The van der Waals surface area contributed by atoms with Gasteiger partial charge in [-0.1, -0.05) is 32.1 Å². The van der Waals surface area contributed by atoms with Crippen molar-refractivity contribution in [3.8, 4) is 6.07 Å². The molecule has 1 fully saturated rings. The van der Waals surface area contributed by atoms with Crippen molar-refractivity contribution in [2.24, 2.45) is 5.92 Å². The second-order valence-corrected chi connectivity index (χ2v) is 4.45. The van der Waals surface area contributed by atoms with Crippen LogP contribution in [0.3, 0.4) is 0 Å². The van der Waals surface area contributed by atoms with E-state index in [1.807, 2.05) is 0 Å². The lowest BCUT2D eigenvalue weighted by Crippen LogP contribution is -2.31. The van der Waals surface area contributed by atoms with Crippen LogP contribution < -0.4 is 5.32 Å². The van der Waals surface area contributed by atoms with E-state index >= 15 is 0 Å². The molecule has 1 atom stereocenters. The first-order valence-electron chi connectivity index (χ1n) is 6.10. The minimum Gasteiger partial charge on any atom is -0.396 e. The number of hydrogen-bond donors (Lipinski definition) is 2. The van der Waals surface area contributed by atoms with Crippen LogP contribution in [0.15, 0.2) is 0 Å². The van der Waals surface area contributed by atoms with E-state index in [2.05, 4.69) is 11.4 Å². The summed E-state index contributed by atoms with van der Waals surface area (Å²) >= 11 is 0. The summed E-state index contributed by atoms with van der Waals surface area (Å²) in [5.41, 5.74) is 0. The number of aliphatic hydroxyl groups is 1. The number of nitrogens with one attached hydrogen (secondary N) is 1. The average molecular weight is 210 g/mol. The molecule has 2 N–H and O–H groups in total. The number of rotatable bonds is 6. The lowest BCUT2D eigenvalue weighted by molar-refractivity contribution is 0.278. The molecule has 0 radical (unpaired) electrons. The molecule has 1 aliphatic rings. The Morgan fingerprint density at radius 3 is 2.67 bits per heavy atom. The third-order valence-corrected chi connectivity index (χ3v) is 3.18. The average Bonchev–Trinajstić information content (AvgIpc) is 2.29. The smallest absolute Gasteiger partial charge is 0.0955 e. The van der Waals surface area contributed by atoms with Gasteiger partial charge in [-0.3, -0.25) is 0 Å². The van der Waals surface area contributed by atoms with E-state index < -0.39 is 0 Å². The minimum absolute atomic E-state index is 0.0142. The van der Waals surface area contributed by atoms with Gasteiger partial charge >= 0.3 is 0 Å². The van der Waals surface area contributed by atoms with E-state index in [0.29, 0.717) is 0 Å². The van der Waals surface area contributed by atoms with Crippen LogP contribution in [-0.4, -0.2) is 24.3 Å². The van der Waals surface area contributed by atoms with Crippen molar-refractivity contribution in [2.45, 2.75) is 51.0 Å². The minimum atomic E-state index is -0.0142. The van der Waals surface area contributed by atoms with Crippen LogP contribution in [0.5, 0.6) is 0 Å². The highest BCUT2D eigenvalue weighted by Gasteiger charge is 2.17. The highest BCUT2D eigenvalue weighted by molar-refractivity contribution is 4.91. The number of nitrogens with zero attached hydrogens (tertiary/aromatic N) is 1. The Bertz CT molecular complexity index is 194. The zero-order valence-corrected chi connectivity index (χ0v) is 9.41. The molecule has 0 bridgehead atoms. The molecule has 1 rings (SSSR count). The quantitative estimate of drug-likeness (QED) is 0.657. The molecule has 0 aromatic carbocycles. The van der Waals surface area contributed by atoms with Crippen molar-refractivity contribution in [1.29, 1.82) is 5.26 Å². The molecule has 1 unspecified atom stereocenters. The summed E-state index contributed by atoms with van der Waals surface area (Å²) in [6.07, 6.45) is 8.34. The number of nitriles is 1. The maximum atomic E-state index is 8.98. The predicted octanol–water partition coefficient (Wildman–Crippen LogP) is 1.82. The third kappa shape index (κ3) is 5.15. The van der Waals surface area contributed by atoms with Gasteiger partial charge < -0.3 is 10.4 Å². The third-order valence-electron chi connectivity index (χ3n) is 3.18. The fourth-order valence-corrected chi connectivity index (χ4v) is 2.29. The lowest BCUT2D eigenvalue weighted by Gasteiger charge is -2.23. The van der Waals surface area contributed by atoms with E-state index in [0.717, 1.165) is 25.3 Å². The topological polar surface area (TPSA) is 56.0 Å². The first kappa shape index (κ1) is 12.5. The van der Waals surface area contributed by atoms with Crippen LogP contribution in [-0.2, 0) is 0 Å². The van der Waals surface area contributed by atoms with Gasteiger partial charge in [-0.15, -0.1) is 0 Å². The van der Waals surface area contributed by atoms with E-state index in [1.165, 1.54) is 32.1 Å². The Morgan fingerprint density at radius 1 is 1.33 bits per heavy atom. The first-order chi connectivity index (χ1) is 7.36. The summed E-state index contributed by atoms with van der Waals surface area (Å²) in [7, 11) is 0. The molecular formula is C12H22N2O. The first-order valence-corrected chi connectivity index (χ1v) is 6.10. The zero-order valence-electron chi connectivity index (χ0n) is 9.41. The molecule has 0 aromatic heterocycles. The molecule has 3 nitrogen and oxygen atoms in total. The van der Waals surface area contributed by atoms with Crippen LogP contribution in [0.25, 0.3) is 0 Å². The number of hydrogen-bond acceptors (Lipinski definition) is 3. The van der Waals surface area contributed by atoms with Crippen molar-refractivity contribution in [2.75, 3.05) is 13.2 Å². The van der Waals surface area contributed by atoms with E-state index in [4.69, 9.17) is 10.4 Å². The van der Waals surface area contributed by atoms with Gasteiger partial charge in [0.2, 0.25) is 0 Å². The fourth-order valence-electron chi connectivity index (χ4n) is 2.29. The predicted molar refractivity (Wildman–Crippen MR) is 60.3 cm³/mol. The van der Waals surface area contributed by atoms with Gasteiger partial charge in [0, 0.05) is 6.61 Å². The van der Waals surface area contributed by atoms with E-state index in [1.54, 1.807) is 0 Å². The zero-order chi connectivity index (χ0) is 10.9. The molecule has 0 aliphatic heterocycles. The van der Waals surface area contributed by atoms with Crippen LogP contribution in [0.2, 0.25) is 0 Å². The Labute approximate surface area is 92.5 Å². The summed E-state index contributed by atoms with van der Waals surface area (Å²) in [6, 6.07) is 2.30. The molecule has 0 heterocycles. The van der Waals surface area contributed by atoms with Gasteiger partial charge in [0.1, 0.15) is 0 Å². The van der Waals surface area contributed by atoms with Crippen LogP contribution in [0.1, 0.15) is 44.9 Å². The van der Waals surface area contributed by atoms with Gasteiger partial charge in [0.05, 0.1) is 12.1 Å². The Hall–Kier alpha value is -0.590. The van der Waals surface area contributed by atoms with Gasteiger partial charge in [-0.25, -0.2) is 0 Å². The highest BCUT2D eigenvalue weighted by atomic mass is 16.3. The lowest BCUT2D eigenvalue weighted by atomic mass is 9.85. The molecule has 1 aliphatic carbocycles. The molecule has 86 valence electrons. The highest BCUT2D eigenvalue weighted by Crippen LogP contribution is 2.27. The normalized spacial score (nSPS) is 19.7. The molecule has 1 saturated carbocycles.